The number of carbonyl (C=O) groups is 2. The van der Waals surface area contributed by atoms with Crippen LogP contribution in [0.3, 0.4) is 0 Å². The number of rotatable bonds is 7. The van der Waals surface area contributed by atoms with E-state index in [1.807, 2.05) is 0 Å². The van der Waals surface area contributed by atoms with Crippen LogP contribution in [0.5, 0.6) is 5.75 Å². The van der Waals surface area contributed by atoms with Crippen LogP contribution in [-0.4, -0.2) is 52.9 Å². The topological polar surface area (TPSA) is 120 Å². The Morgan fingerprint density at radius 3 is 2.70 bits per heavy atom. The van der Waals surface area contributed by atoms with Gasteiger partial charge >= 0.3 is 10.2 Å². The average Bonchev–Trinajstić information content (AvgIpc) is 2.88. The van der Waals surface area contributed by atoms with Crippen LogP contribution in [0.25, 0.3) is 0 Å². The number of nitrogens with one attached hydrogen (secondary N) is 1. The Bertz CT molecular complexity index is 927. The third-order valence-corrected chi connectivity index (χ3v) is 4.95. The van der Waals surface area contributed by atoms with Gasteiger partial charge in [0.1, 0.15) is 17.3 Å². The number of hydrogen-bond donors (Lipinski definition) is 1. The van der Waals surface area contributed by atoms with E-state index in [0.717, 1.165) is 0 Å². The zero-order chi connectivity index (χ0) is 19.6. The lowest BCUT2D eigenvalue weighted by Crippen LogP contribution is -2.28. The van der Waals surface area contributed by atoms with Gasteiger partial charge in [0.2, 0.25) is 0 Å². The van der Waals surface area contributed by atoms with Gasteiger partial charge in [-0.05, 0) is 23.6 Å². The van der Waals surface area contributed by atoms with Gasteiger partial charge in [0.25, 0.3) is 5.91 Å². The van der Waals surface area contributed by atoms with E-state index in [-0.39, 0.29) is 43.3 Å². The second kappa shape index (κ2) is 7.71. The number of methoxy groups -OCH3 is 1. The standard InChI is InChI=1S/C16H17FN2O7S/c1-24-4-5-25-8-26-12-6-9-2-3-10(20)7-11(9)14(17)13(12)15-16(21)19-27(22,23)18-15/h6H,2-5,7-8H2,1H3,(H,19,21). The van der Waals surface area contributed by atoms with Crippen molar-refractivity contribution >= 4 is 27.6 Å². The third-order valence-electron chi connectivity index (χ3n) is 4.09. The quantitative estimate of drug-likeness (QED) is 0.507. The molecular weight excluding hydrogens is 383 g/mol. The van der Waals surface area contributed by atoms with Crippen molar-refractivity contribution in [1.82, 2.24) is 4.72 Å². The number of amides is 1. The van der Waals surface area contributed by atoms with Crippen molar-refractivity contribution in [2.45, 2.75) is 19.3 Å². The molecule has 1 N–H and O–H groups in total. The fraction of sp³-hybridized carbons (Fsp3) is 0.438. The van der Waals surface area contributed by atoms with Gasteiger partial charge in [0, 0.05) is 20.0 Å². The molecule has 1 aliphatic heterocycles. The number of hydrogen-bond acceptors (Lipinski definition) is 7. The van der Waals surface area contributed by atoms with Gasteiger partial charge in [-0.2, -0.15) is 8.42 Å². The number of ketones is 1. The minimum Gasteiger partial charge on any atom is -0.467 e. The Hall–Kier alpha value is -2.37. The summed E-state index contributed by atoms with van der Waals surface area (Å²) in [7, 11) is -2.74. The lowest BCUT2D eigenvalue weighted by Gasteiger charge is -2.20. The fourth-order valence-corrected chi connectivity index (χ4v) is 3.63. The third kappa shape index (κ3) is 4.15. The molecule has 0 unspecified atom stereocenters. The van der Waals surface area contributed by atoms with Gasteiger partial charge in [0.05, 0.1) is 18.8 Å². The second-order valence-corrected chi connectivity index (χ2v) is 7.26. The number of nitrogens with zero attached hydrogens (tertiary/aromatic N) is 1. The van der Waals surface area contributed by atoms with E-state index in [4.69, 9.17) is 14.2 Å². The van der Waals surface area contributed by atoms with Crippen molar-refractivity contribution in [3.8, 4) is 5.75 Å². The molecule has 2 aliphatic rings. The van der Waals surface area contributed by atoms with Gasteiger partial charge in [-0.25, -0.2) is 9.11 Å². The van der Waals surface area contributed by atoms with Crippen molar-refractivity contribution in [3.05, 3.63) is 28.6 Å². The summed E-state index contributed by atoms with van der Waals surface area (Å²) in [5, 5.41) is 0. The van der Waals surface area contributed by atoms with E-state index >= 15 is 4.39 Å². The highest BCUT2D eigenvalue weighted by molar-refractivity contribution is 7.89. The van der Waals surface area contributed by atoms with Crippen LogP contribution in [0.1, 0.15) is 23.1 Å². The van der Waals surface area contributed by atoms with E-state index in [9.17, 15) is 18.0 Å². The van der Waals surface area contributed by atoms with Crippen molar-refractivity contribution < 1.29 is 36.6 Å². The highest BCUT2D eigenvalue weighted by atomic mass is 32.2. The second-order valence-electron chi connectivity index (χ2n) is 5.93. The smallest absolute Gasteiger partial charge is 0.345 e. The number of fused-ring (bicyclic) bond motifs is 1. The predicted octanol–water partition coefficient (Wildman–Crippen LogP) is 0.0465. The highest BCUT2D eigenvalue weighted by Gasteiger charge is 2.35. The SMILES string of the molecule is COCCOCOc1cc2c(c(F)c1C1=NS(=O)(=O)NC1=O)CC(=O)CC2. The zero-order valence-electron chi connectivity index (χ0n) is 14.4. The monoisotopic (exact) mass is 400 g/mol. The molecule has 3 rings (SSSR count). The van der Waals surface area contributed by atoms with Crippen LogP contribution >= 0.6 is 0 Å². The lowest BCUT2D eigenvalue weighted by atomic mass is 9.87. The summed E-state index contributed by atoms with van der Waals surface area (Å²) >= 11 is 0. The number of ether oxygens (including phenoxy) is 3. The van der Waals surface area contributed by atoms with Crippen molar-refractivity contribution in [2.75, 3.05) is 27.1 Å². The Balaban J connectivity index is 2.02. The van der Waals surface area contributed by atoms with Crippen LogP contribution in [0.2, 0.25) is 0 Å². The minimum absolute atomic E-state index is 0.0796. The van der Waals surface area contributed by atoms with Gasteiger partial charge in [-0.1, -0.05) is 0 Å². The predicted molar refractivity (Wildman–Crippen MR) is 90.4 cm³/mol. The molecule has 1 heterocycles. The number of Topliss-reactive ketones (excluding diaryl/α,β-unsaturated/α-hetero) is 1. The van der Waals surface area contributed by atoms with Crippen molar-refractivity contribution in [1.29, 1.82) is 0 Å². The molecular formula is C16H17FN2O7S. The molecule has 1 aromatic rings. The Kier molecular flexibility index (Phi) is 5.53. The highest BCUT2D eigenvalue weighted by Crippen LogP contribution is 2.33. The van der Waals surface area contributed by atoms with Gasteiger partial charge in [0.15, 0.2) is 12.5 Å². The van der Waals surface area contributed by atoms with Crippen LogP contribution < -0.4 is 9.46 Å². The summed E-state index contributed by atoms with van der Waals surface area (Å²) in [4.78, 5) is 23.7. The molecule has 9 nitrogen and oxygen atoms in total. The summed E-state index contributed by atoms with van der Waals surface area (Å²) in [6.45, 7) is 0.281. The molecule has 0 aromatic heterocycles. The number of benzene rings is 1. The molecule has 0 spiro atoms. The summed E-state index contributed by atoms with van der Waals surface area (Å²) in [5.74, 6) is -2.18. The molecule has 1 aliphatic carbocycles. The van der Waals surface area contributed by atoms with Crippen molar-refractivity contribution in [3.63, 3.8) is 0 Å². The van der Waals surface area contributed by atoms with E-state index in [1.54, 1.807) is 4.72 Å². The van der Waals surface area contributed by atoms with E-state index in [0.29, 0.717) is 18.6 Å². The first-order chi connectivity index (χ1) is 12.8. The number of carbonyl (C=O) groups excluding carboxylic acids is 2. The molecule has 11 heteroatoms. The van der Waals surface area contributed by atoms with Gasteiger partial charge < -0.3 is 14.2 Å². The maximum absolute atomic E-state index is 15.1. The van der Waals surface area contributed by atoms with E-state index in [2.05, 4.69) is 4.40 Å². The molecule has 0 saturated carbocycles. The van der Waals surface area contributed by atoms with Crippen LogP contribution in [0.4, 0.5) is 4.39 Å². The fourth-order valence-electron chi connectivity index (χ4n) is 2.84. The molecule has 0 saturated heterocycles. The average molecular weight is 400 g/mol. The number of halogens is 1. The van der Waals surface area contributed by atoms with E-state index < -0.39 is 33.2 Å². The Labute approximate surface area is 154 Å². The molecule has 146 valence electrons. The number of aryl methyl sites for hydroxylation is 1. The molecule has 0 atom stereocenters. The minimum atomic E-state index is -4.24. The van der Waals surface area contributed by atoms with Crippen LogP contribution in [0.15, 0.2) is 10.5 Å². The summed E-state index contributed by atoms with van der Waals surface area (Å²) in [5.41, 5.74) is -0.351. The molecule has 1 aromatic carbocycles. The molecule has 0 bridgehead atoms. The molecule has 0 radical (unpaired) electrons. The Morgan fingerprint density at radius 2 is 2.04 bits per heavy atom. The molecule has 27 heavy (non-hydrogen) atoms. The van der Waals surface area contributed by atoms with Gasteiger partial charge in [-0.3, -0.25) is 9.59 Å². The summed E-state index contributed by atoms with van der Waals surface area (Å²) < 4.78 is 58.6. The summed E-state index contributed by atoms with van der Waals surface area (Å²) in [6.07, 6.45) is 0.453. The molecule has 0 fully saturated rings. The first kappa shape index (κ1) is 19.4. The Morgan fingerprint density at radius 1 is 1.26 bits per heavy atom. The van der Waals surface area contributed by atoms with Crippen LogP contribution in [0, 0.1) is 5.82 Å². The molecule has 1 amide bonds. The maximum Gasteiger partial charge on any atom is 0.345 e. The van der Waals surface area contributed by atoms with Crippen LogP contribution in [-0.2, 0) is 42.1 Å². The maximum atomic E-state index is 15.1. The largest absolute Gasteiger partial charge is 0.467 e. The first-order valence-electron chi connectivity index (χ1n) is 8.05. The lowest BCUT2D eigenvalue weighted by molar-refractivity contribution is -0.118. The summed E-state index contributed by atoms with van der Waals surface area (Å²) in [6, 6.07) is 1.49. The van der Waals surface area contributed by atoms with Gasteiger partial charge in [-0.15, -0.1) is 4.40 Å². The first-order valence-corrected chi connectivity index (χ1v) is 9.49. The zero-order valence-corrected chi connectivity index (χ0v) is 15.2. The van der Waals surface area contributed by atoms with Crippen molar-refractivity contribution in [2.24, 2.45) is 4.40 Å². The normalized spacial score (nSPS) is 18.1. The van der Waals surface area contributed by atoms with E-state index in [1.165, 1.54) is 13.2 Å².